The molecule has 22 heavy (non-hydrogen) atoms. The Morgan fingerprint density at radius 3 is 2.95 bits per heavy atom. The molecule has 3 aromatic rings. The van der Waals surface area contributed by atoms with Gasteiger partial charge in [0.05, 0.1) is 16.8 Å². The first kappa shape index (κ1) is 14.3. The van der Waals surface area contributed by atoms with Gasteiger partial charge in [-0.25, -0.2) is 9.97 Å². The molecule has 0 saturated heterocycles. The number of anilines is 1. The number of aryl methyl sites for hydroxylation is 1. The van der Waals surface area contributed by atoms with Gasteiger partial charge in [0.1, 0.15) is 10.5 Å². The molecule has 0 aliphatic heterocycles. The highest BCUT2D eigenvalue weighted by Crippen LogP contribution is 2.26. The van der Waals surface area contributed by atoms with Crippen molar-refractivity contribution < 1.29 is 4.92 Å². The molecule has 8 heteroatoms. The maximum Gasteiger partial charge on any atom is 0.288 e. The number of pyridine rings is 1. The van der Waals surface area contributed by atoms with Gasteiger partial charge in [0, 0.05) is 25.9 Å². The minimum atomic E-state index is -0.494. The van der Waals surface area contributed by atoms with E-state index in [0.29, 0.717) is 12.4 Å². The molecule has 2 aromatic heterocycles. The predicted octanol–water partition coefficient (Wildman–Crippen LogP) is 3.14. The summed E-state index contributed by atoms with van der Waals surface area (Å²) in [7, 11) is 1.88. The summed E-state index contributed by atoms with van der Waals surface area (Å²) < 4.78 is 1.87. The maximum absolute atomic E-state index is 10.9. The maximum atomic E-state index is 10.9. The summed E-state index contributed by atoms with van der Waals surface area (Å²) >= 11 is 5.81. The number of nitrogens with one attached hydrogen (secondary N) is 1. The van der Waals surface area contributed by atoms with Crippen molar-refractivity contribution in [2.75, 3.05) is 5.32 Å². The second kappa shape index (κ2) is 5.61. The lowest BCUT2D eigenvalue weighted by Gasteiger charge is -2.08. The molecule has 2 heterocycles. The van der Waals surface area contributed by atoms with Crippen LogP contribution in [0.5, 0.6) is 0 Å². The minimum absolute atomic E-state index is 0.104. The molecule has 7 nitrogen and oxygen atoms in total. The second-order valence-electron chi connectivity index (χ2n) is 4.78. The third-order valence-corrected chi connectivity index (χ3v) is 3.61. The third kappa shape index (κ3) is 2.58. The number of nitrogens with zero attached hydrogens (tertiary/aromatic N) is 4. The Morgan fingerprint density at radius 2 is 2.18 bits per heavy atom. The van der Waals surface area contributed by atoms with Crippen LogP contribution in [0, 0.1) is 10.1 Å². The van der Waals surface area contributed by atoms with Crippen molar-refractivity contribution in [3.63, 3.8) is 0 Å². The average Bonchev–Trinajstić information content (AvgIpc) is 2.88. The zero-order valence-electron chi connectivity index (χ0n) is 11.7. The Bertz CT molecular complexity index is 862. The minimum Gasteiger partial charge on any atom is -0.364 e. The topological polar surface area (TPSA) is 85.9 Å². The summed E-state index contributed by atoms with van der Waals surface area (Å²) in [5.41, 5.74) is 2.36. The summed E-state index contributed by atoms with van der Waals surface area (Å²) in [6.45, 7) is 0.398. The number of rotatable bonds is 4. The van der Waals surface area contributed by atoms with Gasteiger partial charge in [-0.3, -0.25) is 10.1 Å². The van der Waals surface area contributed by atoms with Gasteiger partial charge in [0.2, 0.25) is 0 Å². The van der Waals surface area contributed by atoms with Gasteiger partial charge < -0.3 is 9.88 Å². The molecule has 0 spiro atoms. The van der Waals surface area contributed by atoms with Gasteiger partial charge in [-0.2, -0.15) is 0 Å². The number of imidazole rings is 1. The molecule has 0 aliphatic rings. The summed E-state index contributed by atoms with van der Waals surface area (Å²) in [4.78, 5) is 19.0. The fourth-order valence-corrected chi connectivity index (χ4v) is 2.41. The normalized spacial score (nSPS) is 10.8. The van der Waals surface area contributed by atoms with Crippen LogP contribution >= 0.6 is 11.6 Å². The van der Waals surface area contributed by atoms with Gasteiger partial charge in [-0.1, -0.05) is 17.7 Å². The molecule has 0 radical (unpaired) electrons. The van der Waals surface area contributed by atoms with Crippen LogP contribution in [-0.2, 0) is 13.6 Å². The van der Waals surface area contributed by atoms with E-state index >= 15 is 0 Å². The van der Waals surface area contributed by atoms with E-state index in [0.717, 1.165) is 16.6 Å². The highest BCUT2D eigenvalue weighted by atomic mass is 35.5. The molecule has 0 atom stereocenters. The Morgan fingerprint density at radius 1 is 1.36 bits per heavy atom. The molecule has 1 N–H and O–H groups in total. The number of benzene rings is 1. The first-order valence-corrected chi connectivity index (χ1v) is 6.87. The lowest BCUT2D eigenvalue weighted by atomic mass is 10.2. The summed E-state index contributed by atoms with van der Waals surface area (Å²) in [6.07, 6.45) is 3.38. The highest BCUT2D eigenvalue weighted by Gasteiger charge is 2.13. The van der Waals surface area contributed by atoms with Crippen LogP contribution in [0.3, 0.4) is 0 Å². The molecular formula is C14H12ClN5O2. The highest BCUT2D eigenvalue weighted by molar-refractivity contribution is 6.32. The lowest BCUT2D eigenvalue weighted by Crippen LogP contribution is -2.04. The molecule has 0 bridgehead atoms. The number of hydrogen-bond acceptors (Lipinski definition) is 5. The number of nitro benzene ring substituents is 1. The molecule has 0 saturated carbocycles. The summed E-state index contributed by atoms with van der Waals surface area (Å²) in [5, 5.41) is 14.2. The van der Waals surface area contributed by atoms with Crippen LogP contribution in [0.4, 0.5) is 11.5 Å². The van der Waals surface area contributed by atoms with Crippen molar-refractivity contribution in [3.05, 3.63) is 57.5 Å². The van der Waals surface area contributed by atoms with Crippen LogP contribution in [-0.4, -0.2) is 19.5 Å². The number of hydrogen-bond donors (Lipinski definition) is 1. The number of nitro groups is 1. The molecule has 0 amide bonds. The van der Waals surface area contributed by atoms with Crippen molar-refractivity contribution in [2.24, 2.45) is 7.05 Å². The van der Waals surface area contributed by atoms with Crippen molar-refractivity contribution in [3.8, 4) is 0 Å². The molecule has 0 aliphatic carbocycles. The molecule has 0 fully saturated rings. The summed E-state index contributed by atoms with van der Waals surface area (Å²) in [5.74, 6) is 0.676. The van der Waals surface area contributed by atoms with Crippen LogP contribution in [0.2, 0.25) is 5.02 Å². The van der Waals surface area contributed by atoms with Gasteiger partial charge in [-0.05, 0) is 17.7 Å². The Hall–Kier alpha value is -2.67. The first-order valence-electron chi connectivity index (χ1n) is 6.49. The summed E-state index contributed by atoms with van der Waals surface area (Å²) in [6, 6.07) is 6.55. The third-order valence-electron chi connectivity index (χ3n) is 3.29. The lowest BCUT2D eigenvalue weighted by molar-refractivity contribution is -0.384. The van der Waals surface area contributed by atoms with E-state index in [9.17, 15) is 10.1 Å². The number of aromatic nitrogens is 3. The first-order chi connectivity index (χ1) is 10.6. The molecule has 3 rings (SSSR count). The smallest absolute Gasteiger partial charge is 0.288 e. The SMILES string of the molecule is Cn1cnc2ccnc(NCc3ccc(Cl)c([N+](=O)[O-])c3)c21. The van der Waals surface area contributed by atoms with E-state index in [1.54, 1.807) is 18.6 Å². The zero-order valence-corrected chi connectivity index (χ0v) is 12.4. The fourth-order valence-electron chi connectivity index (χ4n) is 2.23. The molecule has 112 valence electrons. The van der Waals surface area contributed by atoms with Gasteiger partial charge in [0.15, 0.2) is 5.82 Å². The van der Waals surface area contributed by atoms with Crippen molar-refractivity contribution >= 4 is 34.1 Å². The second-order valence-corrected chi connectivity index (χ2v) is 5.19. The molecule has 0 unspecified atom stereocenters. The van der Waals surface area contributed by atoms with E-state index < -0.39 is 4.92 Å². The van der Waals surface area contributed by atoms with E-state index in [1.807, 2.05) is 17.7 Å². The number of halogens is 1. The van der Waals surface area contributed by atoms with Crippen LogP contribution < -0.4 is 5.32 Å². The monoisotopic (exact) mass is 317 g/mol. The van der Waals surface area contributed by atoms with Crippen molar-refractivity contribution in [1.29, 1.82) is 0 Å². The van der Waals surface area contributed by atoms with Gasteiger partial charge in [0.25, 0.3) is 5.69 Å². The van der Waals surface area contributed by atoms with Gasteiger partial charge >= 0.3 is 0 Å². The average molecular weight is 318 g/mol. The predicted molar refractivity (Wildman–Crippen MR) is 83.9 cm³/mol. The van der Waals surface area contributed by atoms with Crippen LogP contribution in [0.15, 0.2) is 36.8 Å². The quantitative estimate of drug-likeness (QED) is 0.590. The zero-order chi connectivity index (χ0) is 15.7. The standard InChI is InChI=1S/C14H12ClN5O2/c1-19-8-18-11-4-5-16-14(13(11)19)17-7-9-2-3-10(15)12(6-9)20(21)22/h2-6,8H,7H2,1H3,(H,16,17). The Kier molecular flexibility index (Phi) is 3.64. The molecule has 1 aromatic carbocycles. The van der Waals surface area contributed by atoms with E-state index in [-0.39, 0.29) is 10.7 Å². The number of fused-ring (bicyclic) bond motifs is 1. The van der Waals surface area contributed by atoms with E-state index in [1.165, 1.54) is 12.1 Å². The van der Waals surface area contributed by atoms with Crippen molar-refractivity contribution in [1.82, 2.24) is 14.5 Å². The Labute approximate surface area is 130 Å². The van der Waals surface area contributed by atoms with Crippen molar-refractivity contribution in [2.45, 2.75) is 6.54 Å². The fraction of sp³-hybridized carbons (Fsp3) is 0.143. The molecular weight excluding hydrogens is 306 g/mol. The van der Waals surface area contributed by atoms with E-state index in [4.69, 9.17) is 11.6 Å². The Balaban J connectivity index is 1.87. The van der Waals surface area contributed by atoms with Crippen LogP contribution in [0.1, 0.15) is 5.56 Å². The van der Waals surface area contributed by atoms with E-state index in [2.05, 4.69) is 15.3 Å². The van der Waals surface area contributed by atoms with Gasteiger partial charge in [-0.15, -0.1) is 0 Å². The largest absolute Gasteiger partial charge is 0.364 e. The van der Waals surface area contributed by atoms with Crippen LogP contribution in [0.25, 0.3) is 11.0 Å².